The zero-order valence-electron chi connectivity index (χ0n) is 9.17. The van der Waals surface area contributed by atoms with Crippen LogP contribution in [0.5, 0.6) is 0 Å². The van der Waals surface area contributed by atoms with Crippen molar-refractivity contribution in [3.05, 3.63) is 0 Å². The summed E-state index contributed by atoms with van der Waals surface area (Å²) < 4.78 is 0. The van der Waals surface area contributed by atoms with Crippen molar-refractivity contribution in [1.29, 1.82) is 0 Å². The summed E-state index contributed by atoms with van der Waals surface area (Å²) in [6.45, 7) is 0. The molecule has 0 spiro atoms. The average Bonchev–Trinajstić information content (AvgIpc) is 2.23. The number of hydrogen-bond acceptors (Lipinski definition) is 2. The van der Waals surface area contributed by atoms with Crippen LogP contribution in [0.1, 0.15) is 57.8 Å². The standard InChI is InChI=1S/C12H24N2/c13-10-6-8-12(9-7-10)14-11-4-2-1-3-5-11/h10-12,14H,1-9,13H2. The van der Waals surface area contributed by atoms with Gasteiger partial charge in [0.2, 0.25) is 0 Å². The molecule has 0 unspecified atom stereocenters. The highest BCUT2D eigenvalue weighted by Crippen LogP contribution is 2.22. The van der Waals surface area contributed by atoms with Crippen molar-refractivity contribution in [2.75, 3.05) is 0 Å². The molecule has 2 nitrogen and oxygen atoms in total. The first kappa shape index (κ1) is 10.4. The molecule has 2 heteroatoms. The van der Waals surface area contributed by atoms with Gasteiger partial charge in [-0.15, -0.1) is 0 Å². The van der Waals surface area contributed by atoms with E-state index in [4.69, 9.17) is 5.73 Å². The summed E-state index contributed by atoms with van der Waals surface area (Å²) in [6, 6.07) is 2.08. The second-order valence-corrected chi connectivity index (χ2v) is 5.11. The predicted molar refractivity (Wildman–Crippen MR) is 60.2 cm³/mol. The molecule has 0 saturated heterocycles. The number of hydrogen-bond donors (Lipinski definition) is 2. The van der Waals surface area contributed by atoms with Gasteiger partial charge >= 0.3 is 0 Å². The molecule has 14 heavy (non-hydrogen) atoms. The third-order valence-electron chi connectivity index (χ3n) is 3.85. The van der Waals surface area contributed by atoms with Crippen LogP contribution >= 0.6 is 0 Å². The highest BCUT2D eigenvalue weighted by Gasteiger charge is 2.21. The summed E-state index contributed by atoms with van der Waals surface area (Å²) in [6.07, 6.45) is 12.2. The molecular formula is C12H24N2. The van der Waals surface area contributed by atoms with Crippen molar-refractivity contribution in [2.24, 2.45) is 5.73 Å². The average molecular weight is 196 g/mol. The smallest absolute Gasteiger partial charge is 0.00708 e. The van der Waals surface area contributed by atoms with E-state index >= 15 is 0 Å². The summed E-state index contributed by atoms with van der Waals surface area (Å²) >= 11 is 0. The Morgan fingerprint density at radius 2 is 1.29 bits per heavy atom. The summed E-state index contributed by atoms with van der Waals surface area (Å²) in [5, 5.41) is 3.82. The van der Waals surface area contributed by atoms with Crippen LogP contribution in [0.4, 0.5) is 0 Å². The van der Waals surface area contributed by atoms with E-state index in [9.17, 15) is 0 Å². The molecule has 0 heterocycles. The van der Waals surface area contributed by atoms with Crippen LogP contribution in [0, 0.1) is 0 Å². The fourth-order valence-electron chi connectivity index (χ4n) is 2.89. The fraction of sp³-hybridized carbons (Fsp3) is 1.00. The minimum absolute atomic E-state index is 0.486. The normalized spacial score (nSPS) is 35.8. The van der Waals surface area contributed by atoms with Gasteiger partial charge in [-0.05, 0) is 38.5 Å². The van der Waals surface area contributed by atoms with Crippen LogP contribution < -0.4 is 11.1 Å². The lowest BCUT2D eigenvalue weighted by Crippen LogP contribution is -2.43. The lowest BCUT2D eigenvalue weighted by Gasteiger charge is -2.32. The summed E-state index contributed by atoms with van der Waals surface area (Å²) in [5.41, 5.74) is 5.90. The summed E-state index contributed by atoms with van der Waals surface area (Å²) in [7, 11) is 0. The van der Waals surface area contributed by atoms with E-state index in [1.54, 1.807) is 0 Å². The van der Waals surface area contributed by atoms with Gasteiger partial charge in [-0.3, -0.25) is 0 Å². The van der Waals surface area contributed by atoms with Gasteiger partial charge in [-0.2, -0.15) is 0 Å². The van der Waals surface area contributed by atoms with Crippen LogP contribution in [-0.2, 0) is 0 Å². The Kier molecular flexibility index (Phi) is 3.82. The van der Waals surface area contributed by atoms with E-state index in [0.717, 1.165) is 12.1 Å². The molecule has 0 aliphatic heterocycles. The Bertz CT molecular complexity index is 156. The van der Waals surface area contributed by atoms with E-state index in [-0.39, 0.29) is 0 Å². The molecule has 2 aliphatic carbocycles. The quantitative estimate of drug-likeness (QED) is 0.710. The molecule has 0 aromatic heterocycles. The molecule has 0 atom stereocenters. The van der Waals surface area contributed by atoms with Gasteiger partial charge in [0.15, 0.2) is 0 Å². The Morgan fingerprint density at radius 1 is 0.714 bits per heavy atom. The molecule has 0 bridgehead atoms. The Balaban J connectivity index is 1.68. The molecule has 2 rings (SSSR count). The van der Waals surface area contributed by atoms with Gasteiger partial charge in [0.1, 0.15) is 0 Å². The zero-order chi connectivity index (χ0) is 9.80. The summed E-state index contributed by atoms with van der Waals surface area (Å²) in [4.78, 5) is 0. The van der Waals surface area contributed by atoms with Gasteiger partial charge in [-0.25, -0.2) is 0 Å². The molecule has 0 aromatic rings. The predicted octanol–water partition coefficient (Wildman–Crippen LogP) is 2.18. The fourth-order valence-corrected chi connectivity index (χ4v) is 2.89. The topological polar surface area (TPSA) is 38.0 Å². The third-order valence-corrected chi connectivity index (χ3v) is 3.85. The molecule has 2 saturated carbocycles. The van der Waals surface area contributed by atoms with Crippen LogP contribution in [0.3, 0.4) is 0 Å². The first-order valence-electron chi connectivity index (χ1n) is 6.36. The first-order chi connectivity index (χ1) is 6.84. The van der Waals surface area contributed by atoms with Gasteiger partial charge in [0.05, 0.1) is 0 Å². The second kappa shape index (κ2) is 5.13. The lowest BCUT2D eigenvalue weighted by atomic mass is 9.89. The summed E-state index contributed by atoms with van der Waals surface area (Å²) in [5.74, 6) is 0. The first-order valence-corrected chi connectivity index (χ1v) is 6.36. The highest BCUT2D eigenvalue weighted by molar-refractivity contribution is 4.82. The van der Waals surface area contributed by atoms with Gasteiger partial charge < -0.3 is 11.1 Å². The van der Waals surface area contributed by atoms with E-state index < -0.39 is 0 Å². The molecule has 0 aromatic carbocycles. The highest BCUT2D eigenvalue weighted by atomic mass is 15.0. The lowest BCUT2D eigenvalue weighted by molar-refractivity contribution is 0.279. The number of nitrogens with two attached hydrogens (primary N) is 1. The molecule has 0 amide bonds. The SMILES string of the molecule is NC1CCC(NC2CCCCC2)CC1. The van der Waals surface area contributed by atoms with Crippen LogP contribution in [0.2, 0.25) is 0 Å². The van der Waals surface area contributed by atoms with Crippen molar-refractivity contribution in [1.82, 2.24) is 5.32 Å². The monoisotopic (exact) mass is 196 g/mol. The Morgan fingerprint density at radius 3 is 1.93 bits per heavy atom. The van der Waals surface area contributed by atoms with Crippen LogP contribution in [0.25, 0.3) is 0 Å². The Labute approximate surface area is 87.6 Å². The second-order valence-electron chi connectivity index (χ2n) is 5.11. The van der Waals surface area contributed by atoms with E-state index in [0.29, 0.717) is 6.04 Å². The minimum Gasteiger partial charge on any atom is -0.328 e. The molecule has 3 N–H and O–H groups in total. The Hall–Kier alpha value is -0.0800. The maximum atomic E-state index is 5.90. The van der Waals surface area contributed by atoms with Gasteiger partial charge in [0, 0.05) is 18.1 Å². The van der Waals surface area contributed by atoms with E-state index in [1.807, 2.05) is 0 Å². The molecule has 0 radical (unpaired) electrons. The third kappa shape index (κ3) is 2.96. The minimum atomic E-state index is 0.486. The maximum absolute atomic E-state index is 5.90. The molecule has 82 valence electrons. The van der Waals surface area contributed by atoms with Crippen LogP contribution in [0.15, 0.2) is 0 Å². The van der Waals surface area contributed by atoms with Crippen molar-refractivity contribution < 1.29 is 0 Å². The number of rotatable bonds is 2. The van der Waals surface area contributed by atoms with Crippen molar-refractivity contribution in [2.45, 2.75) is 75.9 Å². The van der Waals surface area contributed by atoms with E-state index in [1.165, 1.54) is 57.8 Å². The van der Waals surface area contributed by atoms with E-state index in [2.05, 4.69) is 5.32 Å². The van der Waals surface area contributed by atoms with Gasteiger partial charge in [-0.1, -0.05) is 19.3 Å². The molecular weight excluding hydrogens is 172 g/mol. The number of nitrogens with one attached hydrogen (secondary N) is 1. The maximum Gasteiger partial charge on any atom is 0.00708 e. The van der Waals surface area contributed by atoms with Gasteiger partial charge in [0.25, 0.3) is 0 Å². The van der Waals surface area contributed by atoms with Crippen molar-refractivity contribution >= 4 is 0 Å². The largest absolute Gasteiger partial charge is 0.328 e. The van der Waals surface area contributed by atoms with Crippen LogP contribution in [-0.4, -0.2) is 18.1 Å². The molecule has 2 fully saturated rings. The van der Waals surface area contributed by atoms with Crippen molar-refractivity contribution in [3.63, 3.8) is 0 Å². The molecule has 2 aliphatic rings. The van der Waals surface area contributed by atoms with Crippen molar-refractivity contribution in [3.8, 4) is 0 Å². The zero-order valence-corrected chi connectivity index (χ0v) is 9.17.